The summed E-state index contributed by atoms with van der Waals surface area (Å²) < 4.78 is 2.01. The summed E-state index contributed by atoms with van der Waals surface area (Å²) in [7, 11) is 0. The van der Waals surface area contributed by atoms with Crippen molar-refractivity contribution in [1.29, 1.82) is 0 Å². The molecule has 27 heavy (non-hydrogen) atoms. The number of β-amino-alcohol motifs (C(OH)–C–C–N with tert-alkyl or cyclic N) is 1. The maximum absolute atomic E-state index is 12.5. The number of carbonyl (C=O) groups excluding carboxylic acids is 1. The van der Waals surface area contributed by atoms with Crippen LogP contribution in [0.3, 0.4) is 0 Å². The highest BCUT2D eigenvalue weighted by Gasteiger charge is 2.33. The van der Waals surface area contributed by atoms with Gasteiger partial charge in [0.05, 0.1) is 41.7 Å². The van der Waals surface area contributed by atoms with Crippen molar-refractivity contribution >= 4 is 16.9 Å². The Labute approximate surface area is 157 Å². The second kappa shape index (κ2) is 7.13. The average Bonchev–Trinajstić information content (AvgIpc) is 3.36. The maximum atomic E-state index is 12.5. The van der Waals surface area contributed by atoms with Crippen LogP contribution in [0.4, 0.5) is 0 Å². The van der Waals surface area contributed by atoms with Gasteiger partial charge in [-0.25, -0.2) is 4.98 Å². The minimum Gasteiger partial charge on any atom is -0.390 e. The van der Waals surface area contributed by atoms with Gasteiger partial charge >= 0.3 is 0 Å². The van der Waals surface area contributed by atoms with Gasteiger partial charge in [-0.3, -0.25) is 14.8 Å². The summed E-state index contributed by atoms with van der Waals surface area (Å²) in [6.07, 6.45) is 1.22. The largest absolute Gasteiger partial charge is 0.390 e. The van der Waals surface area contributed by atoms with Gasteiger partial charge in [0.15, 0.2) is 0 Å². The minimum atomic E-state index is -0.563. The van der Waals surface area contributed by atoms with E-state index in [1.165, 1.54) is 0 Å². The molecule has 0 bridgehead atoms. The average molecular weight is 368 g/mol. The van der Waals surface area contributed by atoms with E-state index in [1.54, 1.807) is 12.4 Å². The molecule has 8 nitrogen and oxygen atoms in total. The van der Waals surface area contributed by atoms with Gasteiger partial charge in [-0.1, -0.05) is 12.1 Å². The van der Waals surface area contributed by atoms with Gasteiger partial charge in [-0.15, -0.1) is 0 Å². The number of aromatic nitrogens is 4. The number of hydrogen-bond acceptors (Lipinski definition) is 5. The van der Waals surface area contributed by atoms with Crippen molar-refractivity contribution in [2.45, 2.75) is 38.6 Å². The van der Waals surface area contributed by atoms with Crippen molar-refractivity contribution in [2.24, 2.45) is 0 Å². The summed E-state index contributed by atoms with van der Waals surface area (Å²) in [5, 5.41) is 20.1. The zero-order valence-corrected chi connectivity index (χ0v) is 15.5. The van der Waals surface area contributed by atoms with Crippen molar-refractivity contribution in [3.05, 3.63) is 48.0 Å². The number of aromatic amines is 1. The Morgan fingerprint density at radius 2 is 2.19 bits per heavy atom. The number of H-pyrrole nitrogens is 1. The van der Waals surface area contributed by atoms with Crippen LogP contribution < -0.4 is 5.32 Å². The van der Waals surface area contributed by atoms with Crippen LogP contribution in [0.2, 0.25) is 0 Å². The lowest BCUT2D eigenvalue weighted by Gasteiger charge is -2.19. The fraction of sp³-hybridized carbons (Fsp3) is 0.421. The van der Waals surface area contributed by atoms with Gasteiger partial charge in [-0.05, 0) is 32.0 Å². The topological polar surface area (TPSA) is 99.1 Å². The molecule has 4 rings (SSSR count). The molecular formula is C19H24N6O2. The van der Waals surface area contributed by atoms with Crippen LogP contribution in [0.25, 0.3) is 11.0 Å². The van der Waals surface area contributed by atoms with Gasteiger partial charge in [-0.2, -0.15) is 5.10 Å². The van der Waals surface area contributed by atoms with E-state index in [2.05, 4.69) is 39.2 Å². The fourth-order valence-electron chi connectivity index (χ4n) is 3.50. The lowest BCUT2D eigenvalue weighted by molar-refractivity contribution is 0.0883. The first-order valence-corrected chi connectivity index (χ1v) is 9.18. The number of aliphatic hydroxyl groups is 1. The molecule has 1 aliphatic heterocycles. The van der Waals surface area contributed by atoms with Gasteiger partial charge in [0, 0.05) is 19.1 Å². The minimum absolute atomic E-state index is 0.275. The quantitative estimate of drug-likeness (QED) is 0.624. The van der Waals surface area contributed by atoms with Crippen LogP contribution in [0, 0.1) is 0 Å². The maximum Gasteiger partial charge on any atom is 0.272 e. The number of imidazole rings is 1. The first kappa shape index (κ1) is 17.7. The molecule has 8 heteroatoms. The summed E-state index contributed by atoms with van der Waals surface area (Å²) in [5.74, 6) is -0.275. The number of nitrogens with zero attached hydrogens (tertiary/aromatic N) is 4. The third-order valence-corrected chi connectivity index (χ3v) is 5.10. The highest BCUT2D eigenvalue weighted by molar-refractivity contribution is 5.92. The van der Waals surface area contributed by atoms with Crippen molar-refractivity contribution in [3.63, 3.8) is 0 Å². The summed E-state index contributed by atoms with van der Waals surface area (Å²) >= 11 is 0. The predicted molar refractivity (Wildman–Crippen MR) is 101 cm³/mol. The van der Waals surface area contributed by atoms with Crippen LogP contribution in [-0.2, 0) is 6.54 Å². The molecular weight excluding hydrogens is 344 g/mol. The van der Waals surface area contributed by atoms with Crippen molar-refractivity contribution in [2.75, 3.05) is 13.1 Å². The van der Waals surface area contributed by atoms with E-state index in [0.717, 1.165) is 16.7 Å². The Kier molecular flexibility index (Phi) is 4.67. The smallest absolute Gasteiger partial charge is 0.272 e. The second-order valence-corrected chi connectivity index (χ2v) is 7.33. The van der Waals surface area contributed by atoms with Gasteiger partial charge in [0.1, 0.15) is 5.69 Å². The Hall–Kier alpha value is -2.71. The van der Waals surface area contributed by atoms with Crippen molar-refractivity contribution in [3.8, 4) is 0 Å². The summed E-state index contributed by atoms with van der Waals surface area (Å²) in [4.78, 5) is 19.0. The Morgan fingerprint density at radius 1 is 1.37 bits per heavy atom. The zero-order chi connectivity index (χ0) is 19.0. The molecule has 2 aromatic heterocycles. The molecule has 0 saturated carbocycles. The number of amides is 1. The van der Waals surface area contributed by atoms with Gasteiger partial charge in [0.25, 0.3) is 5.91 Å². The van der Waals surface area contributed by atoms with Gasteiger partial charge in [0.2, 0.25) is 0 Å². The number of rotatable bonds is 5. The van der Waals surface area contributed by atoms with Crippen LogP contribution >= 0.6 is 0 Å². The third kappa shape index (κ3) is 3.58. The first-order chi connectivity index (χ1) is 13.0. The molecule has 3 aromatic rings. The monoisotopic (exact) mass is 368 g/mol. The lowest BCUT2D eigenvalue weighted by Crippen LogP contribution is -2.43. The number of nitrogens with one attached hydrogen (secondary N) is 2. The normalized spacial score (nSPS) is 20.6. The third-order valence-electron chi connectivity index (χ3n) is 5.10. The highest BCUT2D eigenvalue weighted by atomic mass is 16.3. The highest BCUT2D eigenvalue weighted by Crippen LogP contribution is 2.15. The SMILES string of the molecule is CC(C)N1C[C@@H](O)[C@H](NC(=O)c2cc(Cn3cnc4ccccc43)[nH]n2)C1. The molecule has 0 unspecified atom stereocenters. The summed E-state index contributed by atoms with van der Waals surface area (Å²) in [5.41, 5.74) is 3.10. The predicted octanol–water partition coefficient (Wildman–Crippen LogP) is 0.991. The molecule has 3 heterocycles. The number of likely N-dealkylation sites (tertiary alicyclic amines) is 1. The van der Waals surface area contributed by atoms with Crippen molar-refractivity contribution in [1.82, 2.24) is 30.0 Å². The molecule has 142 valence electrons. The van der Waals surface area contributed by atoms with E-state index < -0.39 is 6.10 Å². The number of hydrogen-bond donors (Lipinski definition) is 3. The fourth-order valence-corrected chi connectivity index (χ4v) is 3.50. The summed E-state index contributed by atoms with van der Waals surface area (Å²) in [6, 6.07) is 9.70. The molecule has 1 saturated heterocycles. The molecule has 2 atom stereocenters. The van der Waals surface area contributed by atoms with Crippen LogP contribution in [0.15, 0.2) is 36.7 Å². The molecule has 1 aliphatic rings. The first-order valence-electron chi connectivity index (χ1n) is 9.18. The number of benzene rings is 1. The van der Waals surface area contributed by atoms with E-state index in [0.29, 0.717) is 31.4 Å². The van der Waals surface area contributed by atoms with Crippen LogP contribution in [0.5, 0.6) is 0 Å². The van der Waals surface area contributed by atoms with E-state index in [1.807, 2.05) is 28.8 Å². The van der Waals surface area contributed by atoms with E-state index in [9.17, 15) is 9.90 Å². The standard InChI is InChI=1S/C19H24N6O2/c1-12(2)24-9-16(18(26)10-24)21-19(27)15-7-13(22-23-15)8-25-11-20-14-5-3-4-6-17(14)25/h3-7,11-12,16,18,26H,8-10H2,1-2H3,(H,21,27)(H,22,23)/t16-,18-/m1/s1. The molecule has 0 aliphatic carbocycles. The number of para-hydroxylation sites is 2. The van der Waals surface area contributed by atoms with E-state index in [4.69, 9.17) is 0 Å². The second-order valence-electron chi connectivity index (χ2n) is 7.33. The molecule has 1 amide bonds. The Balaban J connectivity index is 1.42. The molecule has 3 N–H and O–H groups in total. The number of fused-ring (bicyclic) bond motifs is 1. The molecule has 1 aromatic carbocycles. The van der Waals surface area contributed by atoms with E-state index >= 15 is 0 Å². The Bertz CT molecular complexity index is 946. The number of aliphatic hydroxyl groups excluding tert-OH is 1. The Morgan fingerprint density at radius 3 is 2.96 bits per heavy atom. The van der Waals surface area contributed by atoms with Gasteiger partial charge < -0.3 is 15.0 Å². The molecule has 0 radical (unpaired) electrons. The summed E-state index contributed by atoms with van der Waals surface area (Å²) in [6.45, 7) is 5.92. The lowest BCUT2D eigenvalue weighted by atomic mass is 10.2. The van der Waals surface area contributed by atoms with Crippen molar-refractivity contribution < 1.29 is 9.90 Å². The van der Waals surface area contributed by atoms with Crippen LogP contribution in [-0.4, -0.2) is 66.9 Å². The van der Waals surface area contributed by atoms with E-state index in [-0.39, 0.29) is 11.9 Å². The molecule has 1 fully saturated rings. The molecule has 0 spiro atoms. The van der Waals surface area contributed by atoms with Crippen LogP contribution in [0.1, 0.15) is 30.0 Å². The number of carbonyl (C=O) groups is 1. The zero-order valence-electron chi connectivity index (χ0n) is 15.5.